The summed E-state index contributed by atoms with van der Waals surface area (Å²) in [4.78, 5) is 17.4. The summed E-state index contributed by atoms with van der Waals surface area (Å²) in [5.74, 6) is -1.46. The number of rotatable bonds is 2. The molecule has 8 heteroatoms. The summed E-state index contributed by atoms with van der Waals surface area (Å²) < 4.78 is 40.5. The van der Waals surface area contributed by atoms with Crippen molar-refractivity contribution in [3.05, 3.63) is 30.1 Å². The summed E-state index contributed by atoms with van der Waals surface area (Å²) >= 11 is 0. The Hall–Kier alpha value is -2.09. The first-order chi connectivity index (χ1) is 10.9. The van der Waals surface area contributed by atoms with Crippen LogP contribution in [0.25, 0.3) is 11.0 Å². The third kappa shape index (κ3) is 3.17. The Bertz CT molecular complexity index is 718. The third-order valence-corrected chi connectivity index (χ3v) is 4.02. The van der Waals surface area contributed by atoms with Gasteiger partial charge in [0.2, 0.25) is 11.7 Å². The van der Waals surface area contributed by atoms with Crippen molar-refractivity contribution < 1.29 is 23.1 Å². The molecule has 0 unspecified atom stereocenters. The Balaban J connectivity index is 1.91. The Labute approximate surface area is 130 Å². The van der Waals surface area contributed by atoms with Crippen LogP contribution >= 0.6 is 0 Å². The highest BCUT2D eigenvalue weighted by atomic mass is 19.4. The maximum absolute atomic E-state index is 13.2. The first kappa shape index (κ1) is 15.8. The number of carbonyl (C=O) groups excluding carboxylic acids is 1. The minimum atomic E-state index is -4.63. The van der Waals surface area contributed by atoms with E-state index in [0.29, 0.717) is 25.9 Å². The van der Waals surface area contributed by atoms with Crippen LogP contribution in [0.4, 0.5) is 13.2 Å². The van der Waals surface area contributed by atoms with Gasteiger partial charge in [0.1, 0.15) is 6.54 Å². The molecule has 3 rings (SSSR count). The van der Waals surface area contributed by atoms with E-state index in [1.165, 1.54) is 17.0 Å². The standard InChI is InChI=1S/C15H16F3N3O2/c16-15(17,18)14-19-11-3-1-2-4-12(11)21(14)9-13(23)20-7-5-10(22)6-8-20/h1-4,10,22H,5-9H2. The number of hydrogen-bond donors (Lipinski definition) is 1. The number of aromatic nitrogens is 2. The van der Waals surface area contributed by atoms with E-state index in [1.54, 1.807) is 12.1 Å². The zero-order valence-corrected chi connectivity index (χ0v) is 12.3. The molecule has 0 bridgehead atoms. The highest BCUT2D eigenvalue weighted by Crippen LogP contribution is 2.31. The van der Waals surface area contributed by atoms with Gasteiger partial charge in [0.25, 0.3) is 0 Å². The van der Waals surface area contributed by atoms with Crippen LogP contribution in [0.5, 0.6) is 0 Å². The van der Waals surface area contributed by atoms with E-state index in [1.807, 2.05) is 0 Å². The lowest BCUT2D eigenvalue weighted by Crippen LogP contribution is -2.42. The van der Waals surface area contributed by atoms with Crippen molar-refractivity contribution in [1.82, 2.24) is 14.5 Å². The molecule has 1 aliphatic rings. The second-order valence-electron chi connectivity index (χ2n) is 5.62. The van der Waals surface area contributed by atoms with Gasteiger partial charge in [0.15, 0.2) is 0 Å². The lowest BCUT2D eigenvalue weighted by atomic mass is 10.1. The van der Waals surface area contributed by atoms with Crippen molar-refractivity contribution in [2.75, 3.05) is 13.1 Å². The van der Waals surface area contributed by atoms with E-state index < -0.39 is 30.6 Å². The van der Waals surface area contributed by atoms with Gasteiger partial charge in [0.05, 0.1) is 17.1 Å². The van der Waals surface area contributed by atoms with Gasteiger partial charge in [-0.15, -0.1) is 0 Å². The monoisotopic (exact) mass is 327 g/mol. The first-order valence-corrected chi connectivity index (χ1v) is 7.34. The number of carbonyl (C=O) groups is 1. The van der Waals surface area contributed by atoms with Gasteiger partial charge in [-0.2, -0.15) is 13.2 Å². The van der Waals surface area contributed by atoms with Gasteiger partial charge in [-0.1, -0.05) is 12.1 Å². The van der Waals surface area contributed by atoms with Crippen molar-refractivity contribution in [1.29, 1.82) is 0 Å². The van der Waals surface area contributed by atoms with Crippen LogP contribution in [-0.4, -0.2) is 44.7 Å². The number of benzene rings is 1. The van der Waals surface area contributed by atoms with Gasteiger partial charge < -0.3 is 14.6 Å². The quantitative estimate of drug-likeness (QED) is 0.918. The number of fused-ring (bicyclic) bond motifs is 1. The maximum atomic E-state index is 13.2. The topological polar surface area (TPSA) is 58.4 Å². The molecular weight excluding hydrogens is 311 g/mol. The number of para-hydroxylation sites is 2. The van der Waals surface area contributed by atoms with Crippen LogP contribution < -0.4 is 0 Å². The maximum Gasteiger partial charge on any atom is 0.449 e. The van der Waals surface area contributed by atoms with Gasteiger partial charge in [0, 0.05) is 13.1 Å². The number of alkyl halides is 3. The summed E-state index contributed by atoms with van der Waals surface area (Å²) in [6.07, 6.45) is -4.18. The largest absolute Gasteiger partial charge is 0.449 e. The molecule has 124 valence electrons. The lowest BCUT2D eigenvalue weighted by molar-refractivity contribution is -0.148. The Morgan fingerprint density at radius 1 is 1.26 bits per heavy atom. The number of aliphatic hydroxyl groups excluding tert-OH is 1. The molecule has 1 amide bonds. The summed E-state index contributed by atoms with van der Waals surface area (Å²) in [6.45, 7) is 0.299. The van der Waals surface area contributed by atoms with Crippen LogP contribution in [0.15, 0.2) is 24.3 Å². The molecule has 2 heterocycles. The zero-order chi connectivity index (χ0) is 16.6. The normalized spacial score (nSPS) is 17.0. The number of nitrogens with zero attached hydrogens (tertiary/aromatic N) is 3. The molecule has 1 fully saturated rings. The van der Waals surface area contributed by atoms with Crippen molar-refractivity contribution in [2.45, 2.75) is 31.7 Å². The predicted molar refractivity (Wildman–Crippen MR) is 76.6 cm³/mol. The first-order valence-electron chi connectivity index (χ1n) is 7.34. The van der Waals surface area contributed by atoms with Crippen molar-refractivity contribution in [3.8, 4) is 0 Å². The summed E-state index contributed by atoms with van der Waals surface area (Å²) in [6, 6.07) is 6.23. The third-order valence-electron chi connectivity index (χ3n) is 4.02. The van der Waals surface area contributed by atoms with Crippen molar-refractivity contribution in [3.63, 3.8) is 0 Å². The molecule has 1 N–H and O–H groups in total. The van der Waals surface area contributed by atoms with E-state index in [2.05, 4.69) is 4.98 Å². The van der Waals surface area contributed by atoms with E-state index in [4.69, 9.17) is 0 Å². The molecule has 0 saturated carbocycles. The van der Waals surface area contributed by atoms with Crippen LogP contribution in [0.1, 0.15) is 18.7 Å². The van der Waals surface area contributed by atoms with Crippen molar-refractivity contribution >= 4 is 16.9 Å². The fraction of sp³-hybridized carbons (Fsp3) is 0.467. The minimum Gasteiger partial charge on any atom is -0.393 e. The summed E-state index contributed by atoms with van der Waals surface area (Å²) in [5.41, 5.74) is 0.493. The minimum absolute atomic E-state index is 0.210. The molecule has 2 aromatic rings. The number of halogens is 3. The average Bonchev–Trinajstić information content (AvgIpc) is 2.87. The van der Waals surface area contributed by atoms with E-state index >= 15 is 0 Å². The van der Waals surface area contributed by atoms with Crippen LogP contribution in [0, 0.1) is 0 Å². The highest BCUT2D eigenvalue weighted by Gasteiger charge is 2.38. The number of aliphatic hydroxyl groups is 1. The lowest BCUT2D eigenvalue weighted by Gasteiger charge is -2.30. The van der Waals surface area contributed by atoms with Crippen molar-refractivity contribution in [2.24, 2.45) is 0 Å². The van der Waals surface area contributed by atoms with Crippen LogP contribution in [0.2, 0.25) is 0 Å². The number of imidazole rings is 1. The molecule has 1 saturated heterocycles. The van der Waals surface area contributed by atoms with Crippen LogP contribution in [-0.2, 0) is 17.5 Å². The number of likely N-dealkylation sites (tertiary alicyclic amines) is 1. The molecule has 1 aromatic carbocycles. The molecule has 5 nitrogen and oxygen atoms in total. The Morgan fingerprint density at radius 3 is 2.57 bits per heavy atom. The van der Waals surface area contributed by atoms with Gasteiger partial charge in [-0.05, 0) is 25.0 Å². The summed E-state index contributed by atoms with van der Waals surface area (Å²) in [7, 11) is 0. The Morgan fingerprint density at radius 2 is 1.91 bits per heavy atom. The molecule has 1 aromatic heterocycles. The molecular formula is C15H16F3N3O2. The SMILES string of the molecule is O=C(Cn1c(C(F)(F)F)nc2ccccc21)N1CCC(O)CC1. The smallest absolute Gasteiger partial charge is 0.393 e. The van der Waals surface area contributed by atoms with Crippen LogP contribution in [0.3, 0.4) is 0 Å². The molecule has 0 radical (unpaired) electrons. The molecule has 0 spiro atoms. The fourth-order valence-corrected chi connectivity index (χ4v) is 2.80. The number of hydrogen-bond acceptors (Lipinski definition) is 3. The van der Waals surface area contributed by atoms with Gasteiger partial charge in [-0.25, -0.2) is 4.98 Å². The predicted octanol–water partition coefficient (Wildman–Crippen LogP) is 2.04. The molecule has 23 heavy (non-hydrogen) atoms. The number of amides is 1. The second-order valence-corrected chi connectivity index (χ2v) is 5.62. The highest BCUT2D eigenvalue weighted by molar-refractivity contribution is 5.81. The zero-order valence-electron chi connectivity index (χ0n) is 12.3. The van der Waals surface area contributed by atoms with E-state index in [0.717, 1.165) is 4.57 Å². The van der Waals surface area contributed by atoms with E-state index in [9.17, 15) is 23.1 Å². The second kappa shape index (κ2) is 5.84. The average molecular weight is 327 g/mol. The fourth-order valence-electron chi connectivity index (χ4n) is 2.80. The Kier molecular flexibility index (Phi) is 4.01. The number of piperidine rings is 1. The molecule has 0 aliphatic carbocycles. The summed E-state index contributed by atoms with van der Waals surface area (Å²) in [5, 5.41) is 9.46. The van der Waals surface area contributed by atoms with E-state index in [-0.39, 0.29) is 11.0 Å². The molecule has 1 aliphatic heterocycles. The van der Waals surface area contributed by atoms with Gasteiger partial charge >= 0.3 is 6.18 Å². The molecule has 0 atom stereocenters. The van der Waals surface area contributed by atoms with Gasteiger partial charge in [-0.3, -0.25) is 4.79 Å².